The Hall–Kier alpha value is -2.74. The summed E-state index contributed by atoms with van der Waals surface area (Å²) in [6, 6.07) is 17.0. The van der Waals surface area contributed by atoms with Gasteiger partial charge in [0.05, 0.1) is 41.3 Å². The Bertz CT molecular complexity index is 1250. The third kappa shape index (κ3) is 5.54. The van der Waals surface area contributed by atoms with Crippen molar-refractivity contribution in [2.24, 2.45) is 0 Å². The topological polar surface area (TPSA) is 75.7 Å². The van der Waals surface area contributed by atoms with Crippen LogP contribution in [0.5, 0.6) is 5.75 Å². The number of carbonyl (C=O) groups is 1. The number of hydrogen-bond acceptors (Lipinski definition) is 4. The van der Waals surface area contributed by atoms with Crippen LogP contribution in [0.2, 0.25) is 10.0 Å². The van der Waals surface area contributed by atoms with Crippen LogP contribution >= 0.6 is 23.2 Å². The Balaban J connectivity index is 1.82. The molecule has 0 aliphatic rings. The average molecular weight is 493 g/mol. The molecule has 0 aliphatic heterocycles. The van der Waals surface area contributed by atoms with Gasteiger partial charge in [-0.1, -0.05) is 47.5 Å². The Morgan fingerprint density at radius 1 is 1.06 bits per heavy atom. The van der Waals surface area contributed by atoms with Crippen molar-refractivity contribution < 1.29 is 17.9 Å². The van der Waals surface area contributed by atoms with E-state index in [1.165, 1.54) is 11.4 Å². The second-order valence-corrected chi connectivity index (χ2v) is 9.89. The zero-order valence-electron chi connectivity index (χ0n) is 17.7. The van der Waals surface area contributed by atoms with Gasteiger partial charge in [-0.05, 0) is 54.4 Å². The fourth-order valence-corrected chi connectivity index (χ4v) is 4.45. The molecule has 3 aromatic rings. The van der Waals surface area contributed by atoms with E-state index in [2.05, 4.69) is 5.32 Å². The molecule has 1 N–H and O–H groups in total. The average Bonchev–Trinajstić information content (AvgIpc) is 2.74. The van der Waals surface area contributed by atoms with Crippen molar-refractivity contribution in [2.75, 3.05) is 23.0 Å². The van der Waals surface area contributed by atoms with Gasteiger partial charge in [0, 0.05) is 5.56 Å². The molecule has 32 heavy (non-hydrogen) atoms. The van der Waals surface area contributed by atoms with E-state index < -0.39 is 10.0 Å². The van der Waals surface area contributed by atoms with Crippen LogP contribution < -0.4 is 14.4 Å². The van der Waals surface area contributed by atoms with E-state index >= 15 is 0 Å². The molecule has 0 heterocycles. The number of rotatable bonds is 7. The molecule has 0 aromatic heterocycles. The molecule has 0 bridgehead atoms. The maximum atomic E-state index is 12.7. The van der Waals surface area contributed by atoms with Crippen LogP contribution in [0, 0.1) is 6.92 Å². The number of amides is 1. The predicted octanol–water partition coefficient (Wildman–Crippen LogP) is 5.53. The molecule has 1 amide bonds. The van der Waals surface area contributed by atoms with E-state index in [-0.39, 0.29) is 28.2 Å². The Kier molecular flexibility index (Phi) is 7.33. The van der Waals surface area contributed by atoms with Gasteiger partial charge in [0.15, 0.2) is 0 Å². The third-order valence-corrected chi connectivity index (χ3v) is 6.68. The lowest BCUT2D eigenvalue weighted by molar-refractivity contribution is 0.102. The van der Waals surface area contributed by atoms with Gasteiger partial charge in [-0.2, -0.15) is 0 Å². The smallest absolute Gasteiger partial charge is 0.255 e. The van der Waals surface area contributed by atoms with Crippen LogP contribution in [-0.2, 0) is 16.6 Å². The molecule has 0 aliphatic carbocycles. The lowest BCUT2D eigenvalue weighted by atomic mass is 10.1. The first-order valence-electron chi connectivity index (χ1n) is 9.57. The summed E-state index contributed by atoms with van der Waals surface area (Å²) in [6.45, 7) is 1.95. The second-order valence-electron chi connectivity index (χ2n) is 7.20. The monoisotopic (exact) mass is 492 g/mol. The number of nitrogens with zero attached hydrogens (tertiary/aromatic N) is 1. The molecule has 6 nitrogen and oxygen atoms in total. The summed E-state index contributed by atoms with van der Waals surface area (Å²) < 4.78 is 31.3. The molecule has 3 rings (SSSR count). The number of aryl methyl sites for hydroxylation is 1. The zero-order valence-corrected chi connectivity index (χ0v) is 20.1. The summed E-state index contributed by atoms with van der Waals surface area (Å²) in [5.41, 5.74) is 2.94. The predicted molar refractivity (Wildman–Crippen MR) is 130 cm³/mol. The Morgan fingerprint density at radius 2 is 1.75 bits per heavy atom. The van der Waals surface area contributed by atoms with E-state index in [1.807, 2.05) is 19.1 Å². The highest BCUT2D eigenvalue weighted by molar-refractivity contribution is 7.92. The molecular formula is C23H22Cl2N2O4S. The fourth-order valence-electron chi connectivity index (χ4n) is 3.11. The van der Waals surface area contributed by atoms with Crippen LogP contribution in [0.15, 0.2) is 60.7 Å². The molecule has 168 valence electrons. The van der Waals surface area contributed by atoms with E-state index in [1.54, 1.807) is 48.5 Å². The number of sulfonamides is 1. The summed E-state index contributed by atoms with van der Waals surface area (Å²) in [5, 5.41) is 3.26. The van der Waals surface area contributed by atoms with Crippen LogP contribution in [0.25, 0.3) is 0 Å². The number of hydrogen-bond donors (Lipinski definition) is 1. The molecule has 0 saturated carbocycles. The fraction of sp³-hybridized carbons (Fsp3) is 0.174. The largest absolute Gasteiger partial charge is 0.495 e. The molecular weight excluding hydrogens is 471 g/mol. The highest BCUT2D eigenvalue weighted by Gasteiger charge is 2.22. The van der Waals surface area contributed by atoms with Gasteiger partial charge >= 0.3 is 0 Å². The van der Waals surface area contributed by atoms with Gasteiger partial charge in [0.25, 0.3) is 5.91 Å². The van der Waals surface area contributed by atoms with Crippen molar-refractivity contribution in [2.45, 2.75) is 13.5 Å². The number of benzene rings is 3. The van der Waals surface area contributed by atoms with Crippen LogP contribution in [0.3, 0.4) is 0 Å². The molecule has 0 spiro atoms. The van der Waals surface area contributed by atoms with Crippen molar-refractivity contribution in [3.8, 4) is 5.75 Å². The molecule has 0 atom stereocenters. The highest BCUT2D eigenvalue weighted by Crippen LogP contribution is 2.34. The normalized spacial score (nSPS) is 11.2. The van der Waals surface area contributed by atoms with Crippen molar-refractivity contribution in [1.82, 2.24) is 0 Å². The summed E-state index contributed by atoms with van der Waals surface area (Å²) in [7, 11) is -2.10. The van der Waals surface area contributed by atoms with E-state index in [9.17, 15) is 13.2 Å². The Labute approximate surface area is 197 Å². The second kappa shape index (κ2) is 9.81. The van der Waals surface area contributed by atoms with Crippen molar-refractivity contribution in [3.63, 3.8) is 0 Å². The van der Waals surface area contributed by atoms with Gasteiger partial charge < -0.3 is 10.1 Å². The number of nitrogens with one attached hydrogen (secondary N) is 1. The molecule has 3 aromatic carbocycles. The van der Waals surface area contributed by atoms with E-state index in [0.29, 0.717) is 22.6 Å². The molecule has 0 saturated heterocycles. The third-order valence-electron chi connectivity index (χ3n) is 4.75. The van der Waals surface area contributed by atoms with Gasteiger partial charge in [-0.3, -0.25) is 9.10 Å². The number of methoxy groups -OCH3 is 1. The molecule has 0 radical (unpaired) electrons. The van der Waals surface area contributed by atoms with Gasteiger partial charge in [-0.15, -0.1) is 0 Å². The highest BCUT2D eigenvalue weighted by atomic mass is 35.5. The molecule has 9 heteroatoms. The maximum absolute atomic E-state index is 12.7. The number of ether oxygens (including phenoxy) is 1. The van der Waals surface area contributed by atoms with Crippen LogP contribution in [-0.4, -0.2) is 27.7 Å². The summed E-state index contributed by atoms with van der Waals surface area (Å²) in [5.74, 6) is 0.251. The lowest BCUT2D eigenvalue weighted by Gasteiger charge is -2.24. The van der Waals surface area contributed by atoms with Crippen molar-refractivity contribution in [3.05, 3.63) is 87.4 Å². The number of carbonyl (C=O) groups excluding carboxylic acids is 1. The van der Waals surface area contributed by atoms with Crippen LogP contribution in [0.4, 0.5) is 11.4 Å². The van der Waals surface area contributed by atoms with Crippen molar-refractivity contribution >= 4 is 50.5 Å². The summed E-state index contributed by atoms with van der Waals surface area (Å²) in [6.07, 6.45) is 1.10. The van der Waals surface area contributed by atoms with E-state index in [0.717, 1.165) is 11.8 Å². The first-order chi connectivity index (χ1) is 15.1. The molecule has 0 fully saturated rings. The van der Waals surface area contributed by atoms with Crippen molar-refractivity contribution in [1.29, 1.82) is 0 Å². The lowest BCUT2D eigenvalue weighted by Crippen LogP contribution is -2.29. The number of halogens is 2. The first-order valence-corrected chi connectivity index (χ1v) is 12.2. The minimum absolute atomic E-state index is 0.0342. The minimum Gasteiger partial charge on any atom is -0.495 e. The minimum atomic E-state index is -3.64. The van der Waals surface area contributed by atoms with Gasteiger partial charge in [0.2, 0.25) is 10.0 Å². The van der Waals surface area contributed by atoms with Gasteiger partial charge in [-0.25, -0.2) is 8.42 Å². The SMILES string of the molecule is COc1ccc(C)cc1NC(=O)c1ccc(CN(c2cccc(Cl)c2Cl)S(C)(=O)=O)cc1. The summed E-state index contributed by atoms with van der Waals surface area (Å²) in [4.78, 5) is 12.7. The van der Waals surface area contributed by atoms with E-state index in [4.69, 9.17) is 27.9 Å². The first kappa shape index (κ1) is 23.9. The van der Waals surface area contributed by atoms with Gasteiger partial charge in [0.1, 0.15) is 5.75 Å². The van der Waals surface area contributed by atoms with Crippen LogP contribution in [0.1, 0.15) is 21.5 Å². The summed E-state index contributed by atoms with van der Waals surface area (Å²) >= 11 is 12.3. The number of anilines is 2. The Morgan fingerprint density at radius 3 is 2.38 bits per heavy atom. The standard InChI is InChI=1S/C23H22Cl2N2O4S/c1-15-7-12-21(31-2)19(13-15)26-23(28)17-10-8-16(9-11-17)14-27(32(3,29)30)20-6-4-5-18(24)22(20)25/h4-13H,14H2,1-3H3,(H,26,28). The zero-order chi connectivity index (χ0) is 23.5. The maximum Gasteiger partial charge on any atom is 0.255 e. The quantitative estimate of drug-likeness (QED) is 0.470. The molecule has 0 unspecified atom stereocenters.